The first kappa shape index (κ1) is 6.94. The molecule has 0 fully saturated rings. The molecule has 46 valence electrons. The Bertz CT molecular complexity index is 102. The Labute approximate surface area is 47.3 Å². The van der Waals surface area contributed by atoms with Gasteiger partial charge in [-0.1, -0.05) is 0 Å². The number of nitrogens with zero attached hydrogens (tertiary/aromatic N) is 1. The van der Waals surface area contributed by atoms with Crippen LogP contribution in [0.1, 0.15) is 6.92 Å². The SMILES string of the molecule is CCN(C=O)C(N)=O. The summed E-state index contributed by atoms with van der Waals surface area (Å²) in [5, 5.41) is 0. The standard InChI is InChI=1S/C4H8N2O2/c1-2-6(3-7)4(5)8/h3H,2H2,1H3,(H2,5,8). The largest absolute Gasteiger partial charge is 0.351 e. The molecule has 0 radical (unpaired) electrons. The van der Waals surface area contributed by atoms with Crippen molar-refractivity contribution in [2.45, 2.75) is 6.92 Å². The van der Waals surface area contributed by atoms with Gasteiger partial charge in [-0.25, -0.2) is 4.79 Å². The molecule has 0 spiro atoms. The van der Waals surface area contributed by atoms with Gasteiger partial charge in [0.1, 0.15) is 0 Å². The second-order valence-corrected chi connectivity index (χ2v) is 1.23. The van der Waals surface area contributed by atoms with Crippen molar-refractivity contribution in [2.24, 2.45) is 5.73 Å². The number of rotatable bonds is 2. The van der Waals surface area contributed by atoms with E-state index in [0.717, 1.165) is 4.90 Å². The number of imide groups is 1. The van der Waals surface area contributed by atoms with Gasteiger partial charge in [0.15, 0.2) is 0 Å². The Balaban J connectivity index is 3.69. The number of hydrogen-bond acceptors (Lipinski definition) is 2. The summed E-state index contributed by atoms with van der Waals surface area (Å²) in [6, 6.07) is -0.706. The van der Waals surface area contributed by atoms with Crippen LogP contribution >= 0.6 is 0 Å². The van der Waals surface area contributed by atoms with Crippen LogP contribution in [0, 0.1) is 0 Å². The van der Waals surface area contributed by atoms with Gasteiger partial charge in [-0.2, -0.15) is 0 Å². The molecule has 0 aliphatic heterocycles. The highest BCUT2D eigenvalue weighted by atomic mass is 16.2. The average molecular weight is 116 g/mol. The maximum atomic E-state index is 10.1. The first-order valence-corrected chi connectivity index (χ1v) is 2.23. The Kier molecular flexibility index (Phi) is 2.61. The van der Waals surface area contributed by atoms with Crippen LogP contribution < -0.4 is 5.73 Å². The van der Waals surface area contributed by atoms with Gasteiger partial charge in [-0.15, -0.1) is 0 Å². The molecule has 0 saturated carbocycles. The second-order valence-electron chi connectivity index (χ2n) is 1.23. The van der Waals surface area contributed by atoms with E-state index >= 15 is 0 Å². The van der Waals surface area contributed by atoms with Gasteiger partial charge >= 0.3 is 6.03 Å². The van der Waals surface area contributed by atoms with Crippen molar-refractivity contribution in [1.82, 2.24) is 4.90 Å². The molecule has 0 aliphatic rings. The van der Waals surface area contributed by atoms with Crippen molar-refractivity contribution in [3.8, 4) is 0 Å². The lowest BCUT2D eigenvalue weighted by Gasteiger charge is -2.06. The minimum Gasteiger partial charge on any atom is -0.351 e. The van der Waals surface area contributed by atoms with Crippen molar-refractivity contribution < 1.29 is 9.59 Å². The first-order valence-electron chi connectivity index (χ1n) is 2.23. The fourth-order valence-corrected chi connectivity index (χ4v) is 0.282. The fraction of sp³-hybridized carbons (Fsp3) is 0.500. The van der Waals surface area contributed by atoms with E-state index in [2.05, 4.69) is 0 Å². The molecular weight excluding hydrogens is 108 g/mol. The van der Waals surface area contributed by atoms with E-state index in [1.165, 1.54) is 0 Å². The molecule has 0 atom stereocenters. The Morgan fingerprint density at radius 3 is 2.38 bits per heavy atom. The van der Waals surface area contributed by atoms with Crippen LogP contribution in [0.3, 0.4) is 0 Å². The van der Waals surface area contributed by atoms with E-state index in [0.29, 0.717) is 13.0 Å². The van der Waals surface area contributed by atoms with Crippen molar-refractivity contribution in [1.29, 1.82) is 0 Å². The van der Waals surface area contributed by atoms with Gasteiger partial charge in [0.25, 0.3) is 0 Å². The molecule has 4 heteroatoms. The van der Waals surface area contributed by atoms with Crippen LogP contribution in [0.5, 0.6) is 0 Å². The van der Waals surface area contributed by atoms with E-state index in [-0.39, 0.29) is 0 Å². The van der Waals surface area contributed by atoms with Crippen LogP contribution in [0.15, 0.2) is 0 Å². The molecule has 4 nitrogen and oxygen atoms in total. The lowest BCUT2D eigenvalue weighted by Crippen LogP contribution is -2.33. The van der Waals surface area contributed by atoms with Crippen LogP contribution in [-0.2, 0) is 4.79 Å². The molecule has 0 aromatic rings. The molecular formula is C4H8N2O2. The van der Waals surface area contributed by atoms with Gasteiger partial charge in [-0.3, -0.25) is 9.69 Å². The van der Waals surface area contributed by atoms with Gasteiger partial charge in [0.2, 0.25) is 6.41 Å². The van der Waals surface area contributed by atoms with E-state index in [9.17, 15) is 9.59 Å². The van der Waals surface area contributed by atoms with Crippen LogP contribution in [0.2, 0.25) is 0 Å². The highest BCUT2D eigenvalue weighted by Crippen LogP contribution is 1.77. The lowest BCUT2D eigenvalue weighted by atomic mass is 10.6. The predicted octanol–water partition coefficient (Wildman–Crippen LogP) is -0.457. The summed E-state index contributed by atoms with van der Waals surface area (Å²) in [5.74, 6) is 0. The van der Waals surface area contributed by atoms with Gasteiger partial charge in [0, 0.05) is 6.54 Å². The normalized spacial score (nSPS) is 8.12. The Morgan fingerprint density at radius 1 is 1.88 bits per heavy atom. The molecule has 0 aromatic carbocycles. The molecule has 0 rings (SSSR count). The summed E-state index contributed by atoms with van der Waals surface area (Å²) < 4.78 is 0. The summed E-state index contributed by atoms with van der Waals surface area (Å²) in [4.78, 5) is 20.8. The third kappa shape index (κ3) is 1.59. The van der Waals surface area contributed by atoms with Crippen molar-refractivity contribution in [3.05, 3.63) is 0 Å². The maximum Gasteiger partial charge on any atom is 0.321 e. The van der Waals surface area contributed by atoms with Crippen LogP contribution in [-0.4, -0.2) is 23.9 Å². The summed E-state index contributed by atoms with van der Waals surface area (Å²) in [6.45, 7) is 2.00. The summed E-state index contributed by atoms with van der Waals surface area (Å²) in [7, 11) is 0. The predicted molar refractivity (Wildman–Crippen MR) is 28.0 cm³/mol. The zero-order chi connectivity index (χ0) is 6.57. The lowest BCUT2D eigenvalue weighted by molar-refractivity contribution is -0.115. The monoisotopic (exact) mass is 116 g/mol. The number of amides is 3. The number of carbonyl (C=O) groups excluding carboxylic acids is 2. The average Bonchev–Trinajstić information content (AvgIpc) is 1.69. The molecule has 3 amide bonds. The number of primary amides is 1. The third-order valence-electron chi connectivity index (χ3n) is 0.751. The Hall–Kier alpha value is -1.06. The highest BCUT2D eigenvalue weighted by molar-refractivity contribution is 5.83. The van der Waals surface area contributed by atoms with Gasteiger partial charge in [0.05, 0.1) is 0 Å². The molecule has 8 heavy (non-hydrogen) atoms. The molecule has 2 N–H and O–H groups in total. The van der Waals surface area contributed by atoms with Crippen LogP contribution in [0.25, 0.3) is 0 Å². The topological polar surface area (TPSA) is 63.4 Å². The smallest absolute Gasteiger partial charge is 0.321 e. The molecule has 0 aliphatic carbocycles. The van der Waals surface area contributed by atoms with E-state index < -0.39 is 6.03 Å². The third-order valence-corrected chi connectivity index (χ3v) is 0.751. The number of carbonyl (C=O) groups is 2. The Morgan fingerprint density at radius 2 is 2.38 bits per heavy atom. The molecule has 0 bridgehead atoms. The highest BCUT2D eigenvalue weighted by Gasteiger charge is 2.01. The minimum atomic E-state index is -0.706. The van der Waals surface area contributed by atoms with Gasteiger partial charge in [-0.05, 0) is 6.92 Å². The van der Waals surface area contributed by atoms with E-state index in [1.54, 1.807) is 6.92 Å². The summed E-state index contributed by atoms with van der Waals surface area (Å²) >= 11 is 0. The summed E-state index contributed by atoms with van der Waals surface area (Å²) in [5.41, 5.74) is 4.71. The minimum absolute atomic E-state index is 0.332. The first-order chi connectivity index (χ1) is 3.72. The zero-order valence-corrected chi connectivity index (χ0v) is 4.63. The summed E-state index contributed by atoms with van der Waals surface area (Å²) in [6.07, 6.45) is 0.405. The molecule has 0 unspecified atom stereocenters. The van der Waals surface area contributed by atoms with Gasteiger partial charge < -0.3 is 5.73 Å². The molecule has 0 saturated heterocycles. The second kappa shape index (κ2) is 3.01. The van der Waals surface area contributed by atoms with Crippen molar-refractivity contribution in [2.75, 3.05) is 6.54 Å². The molecule has 0 aromatic heterocycles. The number of nitrogens with two attached hydrogens (primary N) is 1. The number of hydrogen-bond donors (Lipinski definition) is 1. The van der Waals surface area contributed by atoms with Crippen LogP contribution in [0.4, 0.5) is 4.79 Å². The van der Waals surface area contributed by atoms with E-state index in [1.807, 2.05) is 0 Å². The van der Waals surface area contributed by atoms with E-state index in [4.69, 9.17) is 5.73 Å². The van der Waals surface area contributed by atoms with Crippen molar-refractivity contribution >= 4 is 12.4 Å². The fourth-order valence-electron chi connectivity index (χ4n) is 0.282. The maximum absolute atomic E-state index is 10.1. The van der Waals surface area contributed by atoms with Crippen molar-refractivity contribution in [3.63, 3.8) is 0 Å². The quantitative estimate of drug-likeness (QED) is 0.496. The zero-order valence-electron chi connectivity index (χ0n) is 4.63. The molecule has 0 heterocycles. The number of urea groups is 1.